The number of nitrogens with one attached hydrogen (secondary N) is 2. The fourth-order valence-corrected chi connectivity index (χ4v) is 5.09. The van der Waals surface area contributed by atoms with Crippen LogP contribution in [0.1, 0.15) is 19.3 Å². The highest BCUT2D eigenvalue weighted by atomic mass is 19.1. The van der Waals surface area contributed by atoms with E-state index in [1.165, 1.54) is 36.1 Å². The summed E-state index contributed by atoms with van der Waals surface area (Å²) in [5.41, 5.74) is 1.50. The minimum Gasteiger partial charge on any atom is -0.486 e. The van der Waals surface area contributed by atoms with Crippen molar-refractivity contribution in [3.63, 3.8) is 0 Å². The Hall–Kier alpha value is -4.67. The second-order valence-corrected chi connectivity index (χ2v) is 10.0. The number of ether oxygens (including phenoxy) is 2. The van der Waals surface area contributed by atoms with Crippen LogP contribution in [0.4, 0.5) is 16.0 Å². The highest BCUT2D eigenvalue weighted by Crippen LogP contribution is 2.36. The number of para-hydroxylation sites is 1. The van der Waals surface area contributed by atoms with Gasteiger partial charge in [-0.25, -0.2) is 9.37 Å². The molecule has 1 saturated carbocycles. The Bertz CT molecular complexity index is 1760. The van der Waals surface area contributed by atoms with Crippen LogP contribution in [0, 0.1) is 5.82 Å². The molecular formula is C28H26FN7O3. The number of fused-ring (bicyclic) bond motifs is 4. The number of pyridine rings is 1. The third-order valence-electron chi connectivity index (χ3n) is 7.36. The van der Waals surface area contributed by atoms with E-state index in [1.54, 1.807) is 24.4 Å². The van der Waals surface area contributed by atoms with Crippen LogP contribution in [-0.4, -0.2) is 57.1 Å². The van der Waals surface area contributed by atoms with E-state index in [-0.39, 0.29) is 17.4 Å². The fraction of sp³-hybridized carbons (Fsp3) is 0.286. The smallest absolute Gasteiger partial charge is 0.267 e. The summed E-state index contributed by atoms with van der Waals surface area (Å²) in [6.07, 6.45) is 6.45. The Morgan fingerprint density at radius 3 is 2.85 bits per heavy atom. The van der Waals surface area contributed by atoms with Crippen molar-refractivity contribution in [2.24, 2.45) is 0 Å². The molecule has 0 spiro atoms. The number of halogens is 1. The summed E-state index contributed by atoms with van der Waals surface area (Å²) in [5.74, 6) is 1.24. The van der Waals surface area contributed by atoms with Crippen LogP contribution >= 0.6 is 0 Å². The average molecular weight is 528 g/mol. The first-order chi connectivity index (χ1) is 19.0. The number of hydrogen-bond donors (Lipinski definition) is 2. The summed E-state index contributed by atoms with van der Waals surface area (Å²) in [7, 11) is 1.84. The van der Waals surface area contributed by atoms with E-state index in [1.807, 2.05) is 30.1 Å². The summed E-state index contributed by atoms with van der Waals surface area (Å²) < 4.78 is 28.4. The molecule has 7 rings (SSSR count). The van der Waals surface area contributed by atoms with Crippen LogP contribution in [0.15, 0.2) is 59.7 Å². The van der Waals surface area contributed by atoms with Gasteiger partial charge >= 0.3 is 0 Å². The summed E-state index contributed by atoms with van der Waals surface area (Å²) in [6, 6.07) is 12.6. The van der Waals surface area contributed by atoms with Crippen molar-refractivity contribution in [1.82, 2.24) is 24.7 Å². The summed E-state index contributed by atoms with van der Waals surface area (Å²) in [4.78, 5) is 24.5. The van der Waals surface area contributed by atoms with Crippen molar-refractivity contribution in [3.05, 3.63) is 71.0 Å². The molecule has 11 heteroatoms. The predicted octanol–water partition coefficient (Wildman–Crippen LogP) is 4.04. The van der Waals surface area contributed by atoms with Gasteiger partial charge in [-0.05, 0) is 43.5 Å². The van der Waals surface area contributed by atoms with Gasteiger partial charge in [0.2, 0.25) is 5.95 Å². The predicted molar refractivity (Wildman–Crippen MR) is 146 cm³/mol. The molecule has 10 nitrogen and oxygen atoms in total. The molecule has 3 aromatic heterocycles. The van der Waals surface area contributed by atoms with Crippen molar-refractivity contribution in [1.29, 1.82) is 0 Å². The number of rotatable bonds is 6. The summed E-state index contributed by atoms with van der Waals surface area (Å²) in [6.45, 7) is 0.801. The van der Waals surface area contributed by atoms with E-state index in [2.05, 4.69) is 20.5 Å². The Kier molecular flexibility index (Phi) is 5.57. The largest absolute Gasteiger partial charge is 0.486 e. The second-order valence-electron chi connectivity index (χ2n) is 10.0. The van der Waals surface area contributed by atoms with Gasteiger partial charge in [0.1, 0.15) is 12.4 Å². The van der Waals surface area contributed by atoms with Gasteiger partial charge in [0.15, 0.2) is 23.3 Å². The first-order valence-corrected chi connectivity index (χ1v) is 13.0. The molecule has 1 fully saturated rings. The number of likely N-dealkylation sites (N-methyl/N-ethyl adjacent to an activating group) is 1. The van der Waals surface area contributed by atoms with Crippen LogP contribution in [0.5, 0.6) is 11.5 Å². The first-order valence-electron chi connectivity index (χ1n) is 13.0. The van der Waals surface area contributed by atoms with Gasteiger partial charge in [-0.15, -0.1) is 0 Å². The molecule has 1 aliphatic carbocycles. The third-order valence-corrected chi connectivity index (χ3v) is 7.36. The zero-order valence-corrected chi connectivity index (χ0v) is 21.2. The number of benzene rings is 2. The second kappa shape index (κ2) is 9.26. The van der Waals surface area contributed by atoms with Crippen molar-refractivity contribution in [3.8, 4) is 17.2 Å². The van der Waals surface area contributed by atoms with E-state index >= 15 is 0 Å². The SMILES string of the molecule is CN(CC1COc2cc(NC3CCC3)ccc2O1)c1ncc2c3[nH]ncc3c(=O)n(-c3ccccc3F)c2n1. The number of aromatic nitrogens is 5. The zero-order chi connectivity index (χ0) is 26.5. The lowest BCUT2D eigenvalue weighted by Crippen LogP contribution is -2.40. The van der Waals surface area contributed by atoms with E-state index in [4.69, 9.17) is 14.5 Å². The number of hydrogen-bond acceptors (Lipinski definition) is 8. The molecule has 1 unspecified atom stereocenters. The van der Waals surface area contributed by atoms with E-state index in [0.717, 1.165) is 11.4 Å². The lowest BCUT2D eigenvalue weighted by Gasteiger charge is -2.31. The van der Waals surface area contributed by atoms with Gasteiger partial charge in [0.25, 0.3) is 5.56 Å². The van der Waals surface area contributed by atoms with E-state index in [0.29, 0.717) is 47.2 Å². The topological polar surface area (TPSA) is 110 Å². The van der Waals surface area contributed by atoms with Gasteiger partial charge in [-0.3, -0.25) is 14.5 Å². The van der Waals surface area contributed by atoms with Gasteiger partial charge in [-0.2, -0.15) is 10.1 Å². The van der Waals surface area contributed by atoms with Crippen molar-refractivity contribution in [2.75, 3.05) is 30.4 Å². The molecule has 0 amide bonds. The lowest BCUT2D eigenvalue weighted by atomic mass is 9.93. The monoisotopic (exact) mass is 527 g/mol. The highest BCUT2D eigenvalue weighted by Gasteiger charge is 2.25. The first kappa shape index (κ1) is 23.4. The molecule has 1 aliphatic heterocycles. The van der Waals surface area contributed by atoms with Gasteiger partial charge < -0.3 is 19.7 Å². The van der Waals surface area contributed by atoms with Crippen molar-refractivity contribution in [2.45, 2.75) is 31.4 Å². The standard InChI is InChI=1S/C28H26FN7O3/c1-35(14-18-15-38-24-11-17(9-10-23(24)39-18)32-16-5-4-6-16)28-30-12-19-25-20(13-31-34-25)27(37)36(26(19)33-28)22-8-3-2-7-21(22)29/h2-3,7-13,16,18,32H,4-6,14-15H2,1H3,(H,31,34). The maximum atomic E-state index is 14.8. The summed E-state index contributed by atoms with van der Waals surface area (Å²) >= 11 is 0. The molecule has 2 N–H and O–H groups in total. The maximum Gasteiger partial charge on any atom is 0.267 e. The molecule has 39 heavy (non-hydrogen) atoms. The molecular weight excluding hydrogens is 501 g/mol. The third kappa shape index (κ3) is 4.10. The Morgan fingerprint density at radius 1 is 1.15 bits per heavy atom. The summed E-state index contributed by atoms with van der Waals surface area (Å²) in [5, 5.41) is 11.3. The van der Waals surface area contributed by atoms with Crippen LogP contribution in [0.2, 0.25) is 0 Å². The van der Waals surface area contributed by atoms with Gasteiger partial charge in [-0.1, -0.05) is 12.1 Å². The van der Waals surface area contributed by atoms with Crippen LogP contribution < -0.4 is 25.2 Å². The molecule has 1 atom stereocenters. The van der Waals surface area contributed by atoms with Gasteiger partial charge in [0.05, 0.1) is 34.7 Å². The van der Waals surface area contributed by atoms with Crippen LogP contribution in [0.3, 0.4) is 0 Å². The molecule has 0 bridgehead atoms. The molecule has 0 saturated heterocycles. The Labute approximate surface area is 222 Å². The number of nitrogens with zero attached hydrogens (tertiary/aromatic N) is 5. The molecule has 4 heterocycles. The van der Waals surface area contributed by atoms with E-state index in [9.17, 15) is 9.18 Å². The average Bonchev–Trinajstić information content (AvgIpc) is 3.42. The molecule has 5 aromatic rings. The fourth-order valence-electron chi connectivity index (χ4n) is 5.09. The number of H-pyrrole nitrogens is 1. The minimum absolute atomic E-state index is 0.106. The highest BCUT2D eigenvalue weighted by molar-refractivity contribution is 6.02. The molecule has 0 radical (unpaired) electrons. The Morgan fingerprint density at radius 2 is 2.03 bits per heavy atom. The lowest BCUT2D eigenvalue weighted by molar-refractivity contribution is 0.0959. The molecule has 2 aromatic carbocycles. The van der Waals surface area contributed by atoms with Crippen LogP contribution in [0.25, 0.3) is 27.6 Å². The molecule has 198 valence electrons. The quantitative estimate of drug-likeness (QED) is 0.341. The zero-order valence-electron chi connectivity index (χ0n) is 21.2. The van der Waals surface area contributed by atoms with Crippen LogP contribution in [-0.2, 0) is 0 Å². The Balaban J connectivity index is 1.18. The van der Waals surface area contributed by atoms with Gasteiger partial charge in [0, 0.05) is 31.0 Å². The molecule has 2 aliphatic rings. The van der Waals surface area contributed by atoms with E-state index < -0.39 is 11.4 Å². The maximum absolute atomic E-state index is 14.8. The van der Waals surface area contributed by atoms with Crippen molar-refractivity contribution < 1.29 is 13.9 Å². The normalized spacial score (nSPS) is 16.8. The number of aromatic amines is 1. The minimum atomic E-state index is -0.533. The number of anilines is 2. The van der Waals surface area contributed by atoms with Crippen molar-refractivity contribution >= 4 is 33.6 Å².